The van der Waals surface area contributed by atoms with E-state index in [-0.39, 0.29) is 24.2 Å². The first-order valence-electron chi connectivity index (χ1n) is 27.1. The smallest absolute Gasteiger partial charge is 0.306 e. The summed E-state index contributed by atoms with van der Waals surface area (Å²) < 4.78 is 0. The van der Waals surface area contributed by atoms with Crippen molar-refractivity contribution in [2.24, 2.45) is 11.8 Å². The molecule has 0 aliphatic heterocycles. The van der Waals surface area contributed by atoms with Gasteiger partial charge in [0, 0.05) is 0 Å². The highest BCUT2D eigenvalue weighted by Crippen LogP contribution is 2.31. The van der Waals surface area contributed by atoms with E-state index in [1.165, 1.54) is 186 Å². The summed E-state index contributed by atoms with van der Waals surface area (Å²) in [6.45, 7) is 6.70. The Labute approximate surface area is 369 Å². The van der Waals surface area contributed by atoms with Crippen molar-refractivity contribution in [1.82, 2.24) is 0 Å². The first-order chi connectivity index (χ1) is 28.8. The number of carboxylic acid groups (broad SMARTS) is 1. The minimum Gasteiger partial charge on any atom is -0.481 e. The van der Waals surface area contributed by atoms with Gasteiger partial charge in [0.25, 0.3) is 0 Å². The zero-order chi connectivity index (χ0) is 43.3. The van der Waals surface area contributed by atoms with E-state index in [2.05, 4.69) is 20.8 Å². The summed E-state index contributed by atoms with van der Waals surface area (Å²) in [4.78, 5) is 12.7. The standard InChI is InChI=1S/C54H108O5/c1-4-7-10-33-42-50(55)45-36-27-20-16-13-15-19-25-31-40-49(41-32-26-23-24-29-38-47-52(57)44-35-12-9-6-3)53(54(58)59)48-39-30-22-18-14-17-21-28-37-46-51(56)43-34-11-8-5-2/h49-53,55-57H,4-48H2,1-3H3,(H,58,59). The predicted molar refractivity (Wildman–Crippen MR) is 257 cm³/mol. The first-order valence-corrected chi connectivity index (χ1v) is 27.1. The maximum absolute atomic E-state index is 12.7. The zero-order valence-electron chi connectivity index (χ0n) is 40.4. The number of aliphatic hydroxyl groups is 3. The predicted octanol–water partition coefficient (Wildman–Crippen LogP) is 17.0. The summed E-state index contributed by atoms with van der Waals surface area (Å²) in [5, 5.41) is 41.1. The van der Waals surface area contributed by atoms with E-state index in [9.17, 15) is 25.2 Å². The van der Waals surface area contributed by atoms with Crippen LogP contribution < -0.4 is 0 Å². The lowest BCUT2D eigenvalue weighted by Gasteiger charge is -2.24. The van der Waals surface area contributed by atoms with E-state index in [1.807, 2.05) is 0 Å². The van der Waals surface area contributed by atoms with E-state index in [0.717, 1.165) is 103 Å². The van der Waals surface area contributed by atoms with Gasteiger partial charge in [0.1, 0.15) is 0 Å². The van der Waals surface area contributed by atoms with Gasteiger partial charge in [-0.2, -0.15) is 0 Å². The highest BCUT2D eigenvalue weighted by atomic mass is 16.4. The number of aliphatic hydroxyl groups excluding tert-OH is 3. The zero-order valence-corrected chi connectivity index (χ0v) is 40.4. The maximum atomic E-state index is 12.7. The highest BCUT2D eigenvalue weighted by molar-refractivity contribution is 5.70. The number of unbranched alkanes of at least 4 members (excludes halogenated alkanes) is 30. The number of carboxylic acids is 1. The molecule has 0 rings (SSSR count). The Morgan fingerprint density at radius 1 is 0.288 bits per heavy atom. The number of rotatable bonds is 50. The molecule has 0 spiro atoms. The molecule has 354 valence electrons. The Balaban J connectivity index is 4.44. The largest absolute Gasteiger partial charge is 0.481 e. The molecule has 0 aliphatic carbocycles. The molecule has 0 heterocycles. The van der Waals surface area contributed by atoms with Crippen molar-refractivity contribution in [2.75, 3.05) is 0 Å². The van der Waals surface area contributed by atoms with Crippen LogP contribution in [0.2, 0.25) is 0 Å². The van der Waals surface area contributed by atoms with Crippen LogP contribution in [-0.2, 0) is 4.79 Å². The van der Waals surface area contributed by atoms with E-state index < -0.39 is 5.97 Å². The average Bonchev–Trinajstić information content (AvgIpc) is 3.22. The minimum absolute atomic E-state index is 0.0935. The normalized spacial score (nSPS) is 14.4. The molecule has 0 aromatic rings. The van der Waals surface area contributed by atoms with E-state index in [4.69, 9.17) is 0 Å². The van der Waals surface area contributed by atoms with Crippen LogP contribution in [0.15, 0.2) is 0 Å². The van der Waals surface area contributed by atoms with Crippen LogP contribution >= 0.6 is 0 Å². The number of hydrogen-bond acceptors (Lipinski definition) is 4. The third kappa shape index (κ3) is 42.4. The van der Waals surface area contributed by atoms with E-state index in [0.29, 0.717) is 5.92 Å². The summed E-state index contributed by atoms with van der Waals surface area (Å²) in [6.07, 6.45) is 52.8. The second-order valence-electron chi connectivity index (χ2n) is 19.4. The van der Waals surface area contributed by atoms with Gasteiger partial charge in [-0.15, -0.1) is 0 Å². The van der Waals surface area contributed by atoms with Gasteiger partial charge in [0.15, 0.2) is 0 Å². The quantitative estimate of drug-likeness (QED) is 0.0458. The molecule has 0 saturated carbocycles. The van der Waals surface area contributed by atoms with Crippen LogP contribution in [0.5, 0.6) is 0 Å². The van der Waals surface area contributed by atoms with Crippen molar-refractivity contribution < 1.29 is 25.2 Å². The highest BCUT2D eigenvalue weighted by Gasteiger charge is 2.27. The molecule has 4 N–H and O–H groups in total. The Hall–Kier alpha value is -0.650. The molecule has 0 aromatic carbocycles. The van der Waals surface area contributed by atoms with Gasteiger partial charge in [0.05, 0.1) is 24.2 Å². The molecule has 0 bridgehead atoms. The molecule has 59 heavy (non-hydrogen) atoms. The molecule has 0 radical (unpaired) electrons. The van der Waals surface area contributed by atoms with Crippen LogP contribution in [0.25, 0.3) is 0 Å². The van der Waals surface area contributed by atoms with Crippen LogP contribution in [-0.4, -0.2) is 44.7 Å². The van der Waals surface area contributed by atoms with Crippen molar-refractivity contribution in [3.05, 3.63) is 0 Å². The molecular formula is C54H108O5. The molecule has 5 nitrogen and oxygen atoms in total. The number of aliphatic carboxylic acids is 1. The first kappa shape index (κ1) is 58.4. The molecule has 0 aliphatic rings. The lowest BCUT2D eigenvalue weighted by molar-refractivity contribution is -0.144. The van der Waals surface area contributed by atoms with Gasteiger partial charge in [-0.05, 0) is 63.7 Å². The third-order valence-corrected chi connectivity index (χ3v) is 13.6. The summed E-state index contributed by atoms with van der Waals surface area (Å²) in [6, 6.07) is 0. The van der Waals surface area contributed by atoms with Gasteiger partial charge in [0.2, 0.25) is 0 Å². The second kappa shape index (κ2) is 46.8. The average molecular weight is 837 g/mol. The molecule has 0 aromatic heterocycles. The summed E-state index contributed by atoms with van der Waals surface area (Å²) >= 11 is 0. The Kier molecular flexibility index (Phi) is 46.3. The molecule has 5 atom stereocenters. The van der Waals surface area contributed by atoms with Crippen LogP contribution in [0.4, 0.5) is 0 Å². The van der Waals surface area contributed by atoms with Crippen molar-refractivity contribution in [2.45, 2.75) is 328 Å². The molecule has 0 amide bonds. The molecule has 5 unspecified atom stereocenters. The van der Waals surface area contributed by atoms with Crippen molar-refractivity contribution in [1.29, 1.82) is 0 Å². The van der Waals surface area contributed by atoms with Crippen molar-refractivity contribution in [3.8, 4) is 0 Å². The van der Waals surface area contributed by atoms with Gasteiger partial charge < -0.3 is 20.4 Å². The van der Waals surface area contributed by atoms with Gasteiger partial charge in [-0.1, -0.05) is 252 Å². The Morgan fingerprint density at radius 2 is 0.475 bits per heavy atom. The fraction of sp³-hybridized carbons (Fsp3) is 0.981. The van der Waals surface area contributed by atoms with Gasteiger partial charge in [-0.3, -0.25) is 4.79 Å². The number of hydrogen-bond donors (Lipinski definition) is 4. The molecule has 0 fully saturated rings. The van der Waals surface area contributed by atoms with Gasteiger partial charge in [-0.25, -0.2) is 0 Å². The molecule has 5 heteroatoms. The van der Waals surface area contributed by atoms with Crippen molar-refractivity contribution in [3.63, 3.8) is 0 Å². The SMILES string of the molecule is CCCCCCC(O)CCCCCCCCCCCC(CCCCCCCCC(O)CCCCCC)C(CCCCCCCCCCCC(O)CCCCCC)C(=O)O. The molecular weight excluding hydrogens is 729 g/mol. The van der Waals surface area contributed by atoms with E-state index >= 15 is 0 Å². The number of carbonyl (C=O) groups is 1. The Bertz CT molecular complexity index is 819. The van der Waals surface area contributed by atoms with Crippen LogP contribution in [0, 0.1) is 11.8 Å². The minimum atomic E-state index is -0.557. The van der Waals surface area contributed by atoms with Crippen molar-refractivity contribution >= 4 is 5.97 Å². The molecule has 0 saturated heterocycles. The van der Waals surface area contributed by atoms with Crippen LogP contribution in [0.1, 0.15) is 310 Å². The van der Waals surface area contributed by atoms with Crippen LogP contribution in [0.3, 0.4) is 0 Å². The summed E-state index contributed by atoms with van der Waals surface area (Å²) in [7, 11) is 0. The summed E-state index contributed by atoms with van der Waals surface area (Å²) in [5.74, 6) is -0.434. The third-order valence-electron chi connectivity index (χ3n) is 13.6. The van der Waals surface area contributed by atoms with E-state index in [1.54, 1.807) is 0 Å². The fourth-order valence-corrected chi connectivity index (χ4v) is 9.46. The maximum Gasteiger partial charge on any atom is 0.306 e. The summed E-state index contributed by atoms with van der Waals surface area (Å²) in [5.41, 5.74) is 0. The lowest BCUT2D eigenvalue weighted by Crippen LogP contribution is -2.24. The van der Waals surface area contributed by atoms with Gasteiger partial charge >= 0.3 is 5.97 Å². The topological polar surface area (TPSA) is 98.0 Å². The second-order valence-corrected chi connectivity index (χ2v) is 19.4. The fourth-order valence-electron chi connectivity index (χ4n) is 9.46. The monoisotopic (exact) mass is 837 g/mol. The lowest BCUT2D eigenvalue weighted by atomic mass is 9.80. The Morgan fingerprint density at radius 3 is 0.695 bits per heavy atom.